The fourth-order valence-corrected chi connectivity index (χ4v) is 5.91. The van der Waals surface area contributed by atoms with Crippen molar-refractivity contribution >= 4 is 16.2 Å². The smallest absolute Gasteiger partial charge is 0.120 e. The largest absolute Gasteiger partial charge is 0.387 e. The van der Waals surface area contributed by atoms with Gasteiger partial charge in [0.1, 0.15) is 11.2 Å². The number of thiazole rings is 1. The number of hydrogen-bond donors (Lipinski definition) is 1. The first kappa shape index (κ1) is 15.6. The molecule has 3 nitrogen and oxygen atoms in total. The first-order valence-corrected chi connectivity index (χ1v) is 10.3. The van der Waals surface area contributed by atoms with Crippen molar-refractivity contribution in [3.8, 4) is 0 Å². The van der Waals surface area contributed by atoms with Gasteiger partial charge in [-0.25, -0.2) is 4.98 Å². The summed E-state index contributed by atoms with van der Waals surface area (Å²) >= 11 is 1.83. The lowest BCUT2D eigenvalue weighted by molar-refractivity contribution is 0.0803. The summed E-state index contributed by atoms with van der Waals surface area (Å²) in [7, 11) is 0. The first-order chi connectivity index (χ1) is 12.3. The van der Waals surface area contributed by atoms with E-state index >= 15 is 0 Å². The third-order valence-electron chi connectivity index (χ3n) is 6.02. The van der Waals surface area contributed by atoms with Crippen molar-refractivity contribution in [1.82, 2.24) is 9.38 Å². The van der Waals surface area contributed by atoms with Gasteiger partial charge in [-0.05, 0) is 55.4 Å². The third-order valence-corrected chi connectivity index (χ3v) is 7.30. The topological polar surface area (TPSA) is 37.5 Å². The zero-order valence-corrected chi connectivity index (χ0v) is 15.2. The van der Waals surface area contributed by atoms with Crippen LogP contribution in [0.3, 0.4) is 0 Å². The predicted molar refractivity (Wildman–Crippen MR) is 101 cm³/mol. The van der Waals surface area contributed by atoms with E-state index < -0.39 is 0 Å². The molecule has 3 unspecified atom stereocenters. The zero-order chi connectivity index (χ0) is 16.8. The Morgan fingerprint density at radius 1 is 1.16 bits per heavy atom. The molecule has 1 aromatic carbocycles. The molecule has 25 heavy (non-hydrogen) atoms. The maximum Gasteiger partial charge on any atom is 0.120 e. The summed E-state index contributed by atoms with van der Waals surface area (Å²) in [6, 6.07) is 10.8. The molecule has 3 atom stereocenters. The second-order valence-corrected chi connectivity index (χ2v) is 8.78. The molecule has 5 rings (SSSR count). The van der Waals surface area contributed by atoms with E-state index in [1.165, 1.54) is 41.0 Å². The van der Waals surface area contributed by atoms with E-state index in [9.17, 15) is 5.11 Å². The van der Waals surface area contributed by atoms with Crippen molar-refractivity contribution in [3.63, 3.8) is 0 Å². The minimum atomic E-state index is -0.366. The van der Waals surface area contributed by atoms with Crippen molar-refractivity contribution in [2.24, 2.45) is 11.8 Å². The molecule has 2 aliphatic rings. The lowest BCUT2D eigenvalue weighted by Gasteiger charge is -2.26. The number of fused-ring (bicyclic) bond motifs is 1. The van der Waals surface area contributed by atoms with Gasteiger partial charge in [-0.3, -0.25) is 4.40 Å². The number of rotatable bonds is 5. The van der Waals surface area contributed by atoms with Crippen LogP contribution in [-0.2, 0) is 6.42 Å². The Kier molecular flexibility index (Phi) is 3.90. The minimum absolute atomic E-state index is 0.359. The van der Waals surface area contributed by atoms with Crippen LogP contribution in [0.15, 0.2) is 42.9 Å². The lowest BCUT2D eigenvalue weighted by atomic mass is 9.84. The van der Waals surface area contributed by atoms with Crippen molar-refractivity contribution in [2.45, 2.75) is 50.5 Å². The summed E-state index contributed by atoms with van der Waals surface area (Å²) in [5, 5.41) is 11.4. The molecule has 2 aliphatic carbocycles. The van der Waals surface area contributed by atoms with Crippen LogP contribution < -0.4 is 0 Å². The molecule has 1 N–H and O–H groups in total. The number of aliphatic hydroxyl groups is 1. The molecule has 2 fully saturated rings. The molecule has 2 saturated carbocycles. The molecule has 130 valence electrons. The van der Waals surface area contributed by atoms with Crippen LogP contribution in [0.4, 0.5) is 0 Å². The minimum Gasteiger partial charge on any atom is -0.387 e. The highest BCUT2D eigenvalue weighted by Gasteiger charge is 2.39. The molecular formula is C21H24N2OS. The maximum absolute atomic E-state index is 11.4. The SMILES string of the molecule is OC(c1c(C2CC2)sc2cncn12)C1CCCC1Cc1ccccc1. The summed E-state index contributed by atoms with van der Waals surface area (Å²) < 4.78 is 2.15. The predicted octanol–water partition coefficient (Wildman–Crippen LogP) is 4.97. The van der Waals surface area contributed by atoms with Gasteiger partial charge < -0.3 is 5.11 Å². The van der Waals surface area contributed by atoms with Gasteiger partial charge in [-0.1, -0.05) is 36.8 Å². The molecular weight excluding hydrogens is 328 g/mol. The molecule has 2 heterocycles. The molecule has 0 aliphatic heterocycles. The second-order valence-electron chi connectivity index (χ2n) is 7.72. The van der Waals surface area contributed by atoms with Gasteiger partial charge in [0.15, 0.2) is 0 Å². The molecule has 0 saturated heterocycles. The zero-order valence-electron chi connectivity index (χ0n) is 14.3. The Bertz CT molecular complexity index is 865. The molecule has 2 aromatic heterocycles. The van der Waals surface area contributed by atoms with E-state index in [4.69, 9.17) is 0 Å². The number of aliphatic hydroxyl groups excluding tert-OH is 1. The normalized spacial score (nSPS) is 24.8. The van der Waals surface area contributed by atoms with Crippen molar-refractivity contribution in [3.05, 3.63) is 59.0 Å². The Morgan fingerprint density at radius 2 is 2.00 bits per heavy atom. The van der Waals surface area contributed by atoms with E-state index in [1.807, 2.05) is 23.9 Å². The van der Waals surface area contributed by atoms with Crippen LogP contribution in [0, 0.1) is 11.8 Å². The van der Waals surface area contributed by atoms with E-state index in [0.29, 0.717) is 17.8 Å². The van der Waals surface area contributed by atoms with Crippen molar-refractivity contribution in [1.29, 1.82) is 0 Å². The molecule has 0 radical (unpaired) electrons. The van der Waals surface area contributed by atoms with Crippen LogP contribution in [0.5, 0.6) is 0 Å². The summed E-state index contributed by atoms with van der Waals surface area (Å²) in [6.45, 7) is 0. The average molecular weight is 353 g/mol. The number of benzene rings is 1. The Balaban J connectivity index is 1.46. The van der Waals surface area contributed by atoms with E-state index in [2.05, 4.69) is 39.7 Å². The fourth-order valence-electron chi connectivity index (χ4n) is 4.60. The van der Waals surface area contributed by atoms with Crippen LogP contribution in [0.2, 0.25) is 0 Å². The summed E-state index contributed by atoms with van der Waals surface area (Å²) in [4.78, 5) is 6.89. The lowest BCUT2D eigenvalue weighted by Crippen LogP contribution is -2.21. The van der Waals surface area contributed by atoms with Gasteiger partial charge >= 0.3 is 0 Å². The number of imidazole rings is 1. The highest BCUT2D eigenvalue weighted by molar-refractivity contribution is 7.17. The van der Waals surface area contributed by atoms with Gasteiger partial charge in [0.25, 0.3) is 0 Å². The highest BCUT2D eigenvalue weighted by Crippen LogP contribution is 2.50. The summed E-state index contributed by atoms with van der Waals surface area (Å²) in [5.41, 5.74) is 2.54. The molecule has 3 aromatic rings. The van der Waals surface area contributed by atoms with Gasteiger partial charge in [0.05, 0.1) is 18.0 Å². The third kappa shape index (κ3) is 2.81. The van der Waals surface area contributed by atoms with Gasteiger partial charge in [-0.15, -0.1) is 11.3 Å². The average Bonchev–Trinajstić information content (AvgIpc) is 3.04. The van der Waals surface area contributed by atoms with Crippen LogP contribution in [0.25, 0.3) is 4.83 Å². The van der Waals surface area contributed by atoms with E-state index in [1.54, 1.807) is 0 Å². The number of aromatic nitrogens is 2. The molecule has 0 spiro atoms. The van der Waals surface area contributed by atoms with Crippen molar-refractivity contribution < 1.29 is 5.11 Å². The summed E-state index contributed by atoms with van der Waals surface area (Å²) in [5.74, 6) is 1.60. The van der Waals surface area contributed by atoms with Crippen LogP contribution in [-0.4, -0.2) is 14.5 Å². The van der Waals surface area contributed by atoms with Gasteiger partial charge in [0, 0.05) is 4.88 Å². The monoisotopic (exact) mass is 352 g/mol. The fraction of sp³-hybridized carbons (Fsp3) is 0.476. The Labute approximate surface area is 152 Å². The number of nitrogens with zero attached hydrogens (tertiary/aromatic N) is 2. The summed E-state index contributed by atoms with van der Waals surface area (Å²) in [6.07, 6.45) is 10.7. The van der Waals surface area contributed by atoms with E-state index in [-0.39, 0.29) is 6.10 Å². The standard InChI is InChI=1S/C21H24N2OS/c24-20(17-8-4-7-16(17)11-14-5-2-1-3-6-14)19-21(15-9-10-15)25-18-12-22-13-23(18)19/h1-3,5-6,12-13,15-17,20,24H,4,7-11H2. The van der Waals surface area contributed by atoms with Crippen LogP contribution >= 0.6 is 11.3 Å². The highest BCUT2D eigenvalue weighted by atomic mass is 32.1. The van der Waals surface area contributed by atoms with E-state index in [0.717, 1.165) is 18.5 Å². The quantitative estimate of drug-likeness (QED) is 0.704. The Morgan fingerprint density at radius 3 is 2.80 bits per heavy atom. The van der Waals surface area contributed by atoms with Gasteiger partial charge in [0.2, 0.25) is 0 Å². The van der Waals surface area contributed by atoms with Crippen molar-refractivity contribution in [2.75, 3.05) is 0 Å². The Hall–Kier alpha value is -1.65. The first-order valence-electron chi connectivity index (χ1n) is 9.48. The number of hydrogen-bond acceptors (Lipinski definition) is 3. The maximum atomic E-state index is 11.4. The van der Waals surface area contributed by atoms with Crippen LogP contribution in [0.1, 0.15) is 60.3 Å². The second kappa shape index (κ2) is 6.26. The molecule has 4 heteroatoms. The molecule has 0 bridgehead atoms. The van der Waals surface area contributed by atoms with Gasteiger partial charge in [-0.2, -0.15) is 0 Å². The molecule has 0 amide bonds.